The highest BCUT2D eigenvalue weighted by Crippen LogP contribution is 2.38. The first kappa shape index (κ1) is 18.6. The summed E-state index contributed by atoms with van der Waals surface area (Å²) in [6, 6.07) is 11.2. The molecule has 6 heteroatoms. The molecule has 1 saturated heterocycles. The van der Waals surface area contributed by atoms with Crippen molar-refractivity contribution in [2.45, 2.75) is 25.9 Å². The Balaban J connectivity index is 1.42. The molecule has 2 aliphatic heterocycles. The predicted molar refractivity (Wildman–Crippen MR) is 104 cm³/mol. The summed E-state index contributed by atoms with van der Waals surface area (Å²) in [5, 5.41) is 10.1. The van der Waals surface area contributed by atoms with Crippen LogP contribution in [0.25, 0.3) is 0 Å². The summed E-state index contributed by atoms with van der Waals surface area (Å²) in [7, 11) is 0. The van der Waals surface area contributed by atoms with Gasteiger partial charge in [-0.25, -0.2) is 0 Å². The Labute approximate surface area is 164 Å². The molecule has 0 aliphatic carbocycles. The minimum Gasteiger partial charge on any atom is -0.508 e. The summed E-state index contributed by atoms with van der Waals surface area (Å²) < 4.78 is 16.9. The third kappa shape index (κ3) is 3.78. The van der Waals surface area contributed by atoms with Gasteiger partial charge in [-0.15, -0.1) is 0 Å². The van der Waals surface area contributed by atoms with Crippen molar-refractivity contribution in [1.82, 2.24) is 4.90 Å². The molecule has 6 nitrogen and oxygen atoms in total. The Kier molecular flexibility index (Phi) is 5.39. The van der Waals surface area contributed by atoms with Crippen molar-refractivity contribution in [3.05, 3.63) is 53.1 Å². The van der Waals surface area contributed by atoms with E-state index in [0.29, 0.717) is 44.4 Å². The normalized spacial score (nSPS) is 18.5. The van der Waals surface area contributed by atoms with Gasteiger partial charge in [-0.2, -0.15) is 0 Å². The summed E-state index contributed by atoms with van der Waals surface area (Å²) >= 11 is 0. The van der Waals surface area contributed by atoms with Gasteiger partial charge in [0.1, 0.15) is 36.4 Å². The molecular formula is C22H25NO5. The van der Waals surface area contributed by atoms with Crippen LogP contribution in [0.4, 0.5) is 0 Å². The first-order valence-corrected chi connectivity index (χ1v) is 9.72. The number of carbonyl (C=O) groups is 1. The monoisotopic (exact) mass is 383 g/mol. The van der Waals surface area contributed by atoms with E-state index in [1.165, 1.54) is 0 Å². The van der Waals surface area contributed by atoms with Crippen LogP contribution in [-0.4, -0.2) is 48.8 Å². The molecule has 2 aromatic carbocycles. The van der Waals surface area contributed by atoms with Crippen molar-refractivity contribution in [2.75, 3.05) is 32.9 Å². The highest BCUT2D eigenvalue weighted by molar-refractivity contribution is 5.85. The molecule has 0 radical (unpaired) electrons. The topological polar surface area (TPSA) is 68.2 Å². The lowest BCUT2D eigenvalue weighted by atomic mass is 9.99. The molecule has 2 aliphatic rings. The van der Waals surface area contributed by atoms with Gasteiger partial charge < -0.3 is 24.2 Å². The summed E-state index contributed by atoms with van der Waals surface area (Å²) in [5.41, 5.74) is 2.72. The third-order valence-corrected chi connectivity index (χ3v) is 5.34. The fraction of sp³-hybridized carbons (Fsp3) is 0.409. The summed E-state index contributed by atoms with van der Waals surface area (Å²) in [4.78, 5) is 14.6. The lowest BCUT2D eigenvalue weighted by molar-refractivity contribution is -0.137. The second kappa shape index (κ2) is 8.10. The first-order valence-electron chi connectivity index (χ1n) is 9.72. The second-order valence-corrected chi connectivity index (χ2v) is 7.11. The molecule has 1 N–H and O–H groups in total. The highest BCUT2D eigenvalue weighted by Gasteiger charge is 2.34. The molecular weight excluding hydrogens is 358 g/mol. The lowest BCUT2D eigenvalue weighted by Crippen LogP contribution is -2.43. The largest absolute Gasteiger partial charge is 0.508 e. The Bertz CT molecular complexity index is 860. The predicted octanol–water partition coefficient (Wildman–Crippen LogP) is 2.87. The molecule has 1 amide bonds. The van der Waals surface area contributed by atoms with Crippen LogP contribution >= 0.6 is 0 Å². The van der Waals surface area contributed by atoms with Crippen molar-refractivity contribution in [1.29, 1.82) is 0 Å². The average molecular weight is 383 g/mol. The fourth-order valence-corrected chi connectivity index (χ4v) is 3.60. The van der Waals surface area contributed by atoms with Gasteiger partial charge in [0.2, 0.25) is 5.91 Å². The lowest BCUT2D eigenvalue weighted by Gasteiger charge is -2.28. The number of benzene rings is 2. The number of rotatable bonds is 5. The maximum Gasteiger partial charge on any atom is 0.233 e. The van der Waals surface area contributed by atoms with Crippen LogP contribution in [0.1, 0.15) is 29.5 Å². The zero-order valence-electron chi connectivity index (χ0n) is 16.0. The first-order chi connectivity index (χ1) is 13.7. The number of phenols is 1. The van der Waals surface area contributed by atoms with E-state index in [0.717, 1.165) is 23.1 Å². The molecule has 28 heavy (non-hydrogen) atoms. The van der Waals surface area contributed by atoms with E-state index in [9.17, 15) is 9.90 Å². The van der Waals surface area contributed by atoms with Crippen molar-refractivity contribution < 1.29 is 24.1 Å². The van der Waals surface area contributed by atoms with E-state index >= 15 is 0 Å². The molecule has 0 saturated carbocycles. The van der Waals surface area contributed by atoms with E-state index in [4.69, 9.17) is 14.2 Å². The van der Waals surface area contributed by atoms with Crippen LogP contribution in [0.5, 0.6) is 17.2 Å². The third-order valence-electron chi connectivity index (χ3n) is 5.34. The molecule has 4 rings (SSSR count). The van der Waals surface area contributed by atoms with Gasteiger partial charge in [0.05, 0.1) is 13.2 Å². The van der Waals surface area contributed by atoms with E-state index in [1.807, 2.05) is 42.2 Å². The fourth-order valence-electron chi connectivity index (χ4n) is 3.60. The minimum absolute atomic E-state index is 0.0941. The molecule has 1 fully saturated rings. The Morgan fingerprint density at radius 1 is 1.21 bits per heavy atom. The van der Waals surface area contributed by atoms with Crippen LogP contribution in [0, 0.1) is 0 Å². The summed E-state index contributed by atoms with van der Waals surface area (Å²) in [6.07, 6.45) is 0.876. The van der Waals surface area contributed by atoms with Gasteiger partial charge in [0.15, 0.2) is 0 Å². The van der Waals surface area contributed by atoms with Crippen LogP contribution < -0.4 is 9.47 Å². The van der Waals surface area contributed by atoms with Gasteiger partial charge in [0.25, 0.3) is 0 Å². The van der Waals surface area contributed by atoms with Crippen LogP contribution in [0.15, 0.2) is 36.4 Å². The zero-order valence-corrected chi connectivity index (χ0v) is 16.0. The molecule has 2 heterocycles. The Morgan fingerprint density at radius 3 is 2.79 bits per heavy atom. The van der Waals surface area contributed by atoms with E-state index < -0.39 is 0 Å². The Morgan fingerprint density at radius 2 is 2.04 bits per heavy atom. The number of hydrogen-bond acceptors (Lipinski definition) is 5. The number of amides is 1. The molecule has 2 aromatic rings. The van der Waals surface area contributed by atoms with Gasteiger partial charge in [-0.1, -0.05) is 25.1 Å². The van der Waals surface area contributed by atoms with Gasteiger partial charge in [-0.05, 0) is 24.1 Å². The number of fused-ring (bicyclic) bond motifs is 1. The number of morpholine rings is 1. The number of aromatic hydroxyl groups is 1. The maximum atomic E-state index is 12.8. The molecule has 1 atom stereocenters. The second-order valence-electron chi connectivity index (χ2n) is 7.11. The van der Waals surface area contributed by atoms with Crippen LogP contribution in [0.2, 0.25) is 0 Å². The summed E-state index contributed by atoms with van der Waals surface area (Å²) in [6.45, 7) is 5.11. The van der Waals surface area contributed by atoms with E-state index in [2.05, 4.69) is 0 Å². The van der Waals surface area contributed by atoms with E-state index in [-0.39, 0.29) is 24.2 Å². The number of aryl methyl sites for hydroxylation is 1. The Hall–Kier alpha value is -2.73. The average Bonchev–Trinajstić information content (AvgIpc) is 3.16. The molecule has 148 valence electrons. The van der Waals surface area contributed by atoms with Crippen molar-refractivity contribution in [3.63, 3.8) is 0 Å². The van der Waals surface area contributed by atoms with Crippen molar-refractivity contribution in [2.24, 2.45) is 0 Å². The number of ether oxygens (including phenoxy) is 3. The van der Waals surface area contributed by atoms with Crippen molar-refractivity contribution in [3.8, 4) is 17.2 Å². The summed E-state index contributed by atoms with van der Waals surface area (Å²) in [5.74, 6) is 1.41. The van der Waals surface area contributed by atoms with Crippen molar-refractivity contribution >= 4 is 5.91 Å². The molecule has 0 aromatic heterocycles. The molecule has 0 spiro atoms. The van der Waals surface area contributed by atoms with Gasteiger partial charge >= 0.3 is 0 Å². The highest BCUT2D eigenvalue weighted by atomic mass is 16.5. The molecule has 0 bridgehead atoms. The smallest absolute Gasteiger partial charge is 0.233 e. The van der Waals surface area contributed by atoms with Crippen LogP contribution in [-0.2, 0) is 22.6 Å². The standard InChI is InChI=1S/C22H25NO5/c1-2-15-3-4-16(20(24)11-15)13-27-17-5-6-18-19(14-28-21(18)12-17)22(25)23-7-9-26-10-8-23/h3-6,11-12,19,24H,2,7-10,13-14H2,1H3. The van der Waals surface area contributed by atoms with E-state index in [1.54, 1.807) is 6.07 Å². The van der Waals surface area contributed by atoms with Gasteiger partial charge in [0, 0.05) is 30.3 Å². The number of nitrogens with zero attached hydrogens (tertiary/aromatic N) is 1. The van der Waals surface area contributed by atoms with Crippen LogP contribution in [0.3, 0.4) is 0 Å². The maximum absolute atomic E-state index is 12.8. The number of carbonyl (C=O) groups excluding carboxylic acids is 1. The quantitative estimate of drug-likeness (QED) is 0.860. The number of phenolic OH excluding ortho intramolecular Hbond substituents is 1. The SMILES string of the molecule is CCc1ccc(COc2ccc3c(c2)OCC3C(=O)N2CCOCC2)c(O)c1. The molecule has 1 unspecified atom stereocenters. The number of hydrogen-bond donors (Lipinski definition) is 1. The zero-order chi connectivity index (χ0) is 19.5. The minimum atomic E-state index is -0.271. The van der Waals surface area contributed by atoms with Gasteiger partial charge in [-0.3, -0.25) is 4.79 Å².